The molecule has 0 atom stereocenters. The molecule has 104 valence electrons. The molecule has 1 aliphatic carbocycles. The Morgan fingerprint density at radius 1 is 1.42 bits per heavy atom. The highest BCUT2D eigenvalue weighted by molar-refractivity contribution is 9.10. The number of nitrogens with one attached hydrogen (secondary N) is 2. The molecule has 1 amide bonds. The molecule has 0 bridgehead atoms. The van der Waals surface area contributed by atoms with Crippen LogP contribution < -0.4 is 10.6 Å². The molecule has 0 unspecified atom stereocenters. The minimum atomic E-state index is -0.0381. The van der Waals surface area contributed by atoms with Crippen molar-refractivity contribution in [3.05, 3.63) is 22.8 Å². The third kappa shape index (κ3) is 3.76. The number of hydrogen-bond acceptors (Lipinski definition) is 3. The number of nitrogens with zero attached hydrogens (tertiary/aromatic N) is 1. The number of aromatic nitrogens is 1. The van der Waals surface area contributed by atoms with Crippen molar-refractivity contribution < 1.29 is 4.79 Å². The van der Waals surface area contributed by atoms with E-state index in [-0.39, 0.29) is 11.4 Å². The maximum Gasteiger partial charge on any atom is 0.227 e. The number of hydrogen-bond donors (Lipinski definition) is 2. The number of halogens is 1. The Bertz CT molecular complexity index is 444. The summed E-state index contributed by atoms with van der Waals surface area (Å²) >= 11 is 3.39. The van der Waals surface area contributed by atoms with Gasteiger partial charge in [0.1, 0.15) is 5.82 Å². The Morgan fingerprint density at radius 3 is 2.79 bits per heavy atom. The van der Waals surface area contributed by atoms with Gasteiger partial charge < -0.3 is 10.6 Å². The predicted octanol–water partition coefficient (Wildman–Crippen LogP) is 3.10. The fourth-order valence-electron chi connectivity index (χ4n) is 2.70. The highest BCUT2D eigenvalue weighted by Crippen LogP contribution is 2.31. The topological polar surface area (TPSA) is 54.0 Å². The summed E-state index contributed by atoms with van der Waals surface area (Å²) in [5.74, 6) is 0.616. The summed E-state index contributed by atoms with van der Waals surface area (Å²) in [5.41, 5.74) is -0.0381. The van der Waals surface area contributed by atoms with E-state index in [9.17, 15) is 4.79 Å². The number of rotatable bonds is 4. The van der Waals surface area contributed by atoms with E-state index in [1.54, 1.807) is 6.20 Å². The normalized spacial score (nSPS) is 18.0. The van der Waals surface area contributed by atoms with Crippen molar-refractivity contribution in [2.45, 2.75) is 44.1 Å². The van der Waals surface area contributed by atoms with Crippen LogP contribution in [0.1, 0.15) is 38.5 Å². The third-order valence-corrected chi connectivity index (χ3v) is 4.50. The first-order valence-electron chi connectivity index (χ1n) is 6.74. The van der Waals surface area contributed by atoms with Gasteiger partial charge in [-0.1, -0.05) is 19.3 Å². The van der Waals surface area contributed by atoms with Crippen LogP contribution >= 0.6 is 15.9 Å². The molecule has 4 nitrogen and oxygen atoms in total. The second kappa shape index (κ2) is 6.48. The number of carbonyl (C=O) groups excluding carboxylic acids is 1. The standard InChI is InChI=1S/C14H20BrN3O/c1-16-14(7-3-2-4-8-14)10-12(19)18-13-11(15)6-5-9-17-13/h5-6,9,16H,2-4,7-8,10H2,1H3,(H,17,18,19). The second-order valence-corrected chi connectivity index (χ2v) is 6.00. The highest BCUT2D eigenvalue weighted by atomic mass is 79.9. The van der Waals surface area contributed by atoms with Gasteiger partial charge in [0.25, 0.3) is 0 Å². The summed E-state index contributed by atoms with van der Waals surface area (Å²) < 4.78 is 0.811. The molecule has 1 aromatic heterocycles. The SMILES string of the molecule is CNC1(CC(=O)Nc2ncccc2Br)CCCCC1. The average Bonchev–Trinajstić information content (AvgIpc) is 2.42. The Morgan fingerprint density at radius 2 is 2.16 bits per heavy atom. The molecule has 1 saturated carbocycles. The molecule has 0 spiro atoms. The molecular formula is C14H20BrN3O. The Kier molecular flexibility index (Phi) is 4.93. The van der Waals surface area contributed by atoms with Crippen LogP contribution in [0.3, 0.4) is 0 Å². The zero-order valence-electron chi connectivity index (χ0n) is 11.2. The largest absolute Gasteiger partial charge is 0.314 e. The molecule has 1 fully saturated rings. The summed E-state index contributed by atoms with van der Waals surface area (Å²) in [5, 5.41) is 6.24. The van der Waals surface area contributed by atoms with E-state index in [0.717, 1.165) is 17.3 Å². The monoisotopic (exact) mass is 325 g/mol. The molecule has 1 aliphatic rings. The molecule has 2 N–H and O–H groups in total. The molecule has 1 aromatic rings. The minimum Gasteiger partial charge on any atom is -0.314 e. The lowest BCUT2D eigenvalue weighted by Crippen LogP contribution is -2.47. The van der Waals surface area contributed by atoms with Gasteiger partial charge in [-0.15, -0.1) is 0 Å². The van der Waals surface area contributed by atoms with Crippen LogP contribution in [0.4, 0.5) is 5.82 Å². The fraction of sp³-hybridized carbons (Fsp3) is 0.571. The van der Waals surface area contributed by atoms with Gasteiger partial charge in [-0.05, 0) is 48.0 Å². The average molecular weight is 326 g/mol. The van der Waals surface area contributed by atoms with Crippen molar-refractivity contribution >= 4 is 27.7 Å². The zero-order valence-corrected chi connectivity index (χ0v) is 12.8. The van der Waals surface area contributed by atoms with Gasteiger partial charge in [-0.25, -0.2) is 4.98 Å². The maximum absolute atomic E-state index is 12.2. The fourth-order valence-corrected chi connectivity index (χ4v) is 3.06. The van der Waals surface area contributed by atoms with E-state index in [0.29, 0.717) is 12.2 Å². The summed E-state index contributed by atoms with van der Waals surface area (Å²) in [6.45, 7) is 0. The highest BCUT2D eigenvalue weighted by Gasteiger charge is 2.32. The first-order chi connectivity index (χ1) is 9.15. The first kappa shape index (κ1) is 14.5. The molecule has 19 heavy (non-hydrogen) atoms. The van der Waals surface area contributed by atoms with E-state index in [1.165, 1.54) is 19.3 Å². The van der Waals surface area contributed by atoms with Crippen molar-refractivity contribution in [1.29, 1.82) is 0 Å². The van der Waals surface area contributed by atoms with Crippen molar-refractivity contribution in [1.82, 2.24) is 10.3 Å². The molecular weight excluding hydrogens is 306 g/mol. The Balaban J connectivity index is 1.98. The molecule has 0 radical (unpaired) electrons. The number of amides is 1. The molecule has 0 saturated heterocycles. The third-order valence-electron chi connectivity index (χ3n) is 3.86. The van der Waals surface area contributed by atoms with Crippen LogP contribution in [-0.4, -0.2) is 23.5 Å². The zero-order chi connectivity index (χ0) is 13.7. The van der Waals surface area contributed by atoms with Gasteiger partial charge in [0, 0.05) is 18.2 Å². The molecule has 1 heterocycles. The van der Waals surface area contributed by atoms with Crippen LogP contribution in [0.2, 0.25) is 0 Å². The summed E-state index contributed by atoms with van der Waals surface area (Å²) in [7, 11) is 1.95. The van der Waals surface area contributed by atoms with Crippen LogP contribution in [-0.2, 0) is 4.79 Å². The molecule has 5 heteroatoms. The lowest BCUT2D eigenvalue weighted by molar-refractivity contribution is -0.118. The molecule has 0 aromatic carbocycles. The van der Waals surface area contributed by atoms with Gasteiger partial charge in [0.15, 0.2) is 0 Å². The number of carbonyl (C=O) groups is 1. The van der Waals surface area contributed by atoms with Gasteiger partial charge in [0.05, 0.1) is 4.47 Å². The van der Waals surface area contributed by atoms with E-state index >= 15 is 0 Å². The van der Waals surface area contributed by atoms with E-state index in [1.807, 2.05) is 19.2 Å². The predicted molar refractivity (Wildman–Crippen MR) is 80.1 cm³/mol. The minimum absolute atomic E-state index is 0.0238. The van der Waals surface area contributed by atoms with Crippen molar-refractivity contribution in [2.75, 3.05) is 12.4 Å². The molecule has 2 rings (SSSR count). The van der Waals surface area contributed by atoms with Crippen molar-refractivity contribution in [3.8, 4) is 0 Å². The Hall–Kier alpha value is -0.940. The number of pyridine rings is 1. The van der Waals surface area contributed by atoms with E-state index < -0.39 is 0 Å². The summed E-state index contributed by atoms with van der Waals surface area (Å²) in [6, 6.07) is 3.70. The van der Waals surface area contributed by atoms with Gasteiger partial charge in [-0.2, -0.15) is 0 Å². The summed E-state index contributed by atoms with van der Waals surface area (Å²) in [6.07, 6.45) is 7.99. The van der Waals surface area contributed by atoms with E-state index in [4.69, 9.17) is 0 Å². The lowest BCUT2D eigenvalue weighted by Gasteiger charge is -2.36. The van der Waals surface area contributed by atoms with Gasteiger partial charge in [0.2, 0.25) is 5.91 Å². The van der Waals surface area contributed by atoms with E-state index in [2.05, 4.69) is 31.5 Å². The lowest BCUT2D eigenvalue weighted by atomic mass is 9.79. The van der Waals surface area contributed by atoms with Crippen molar-refractivity contribution in [3.63, 3.8) is 0 Å². The van der Waals surface area contributed by atoms with Gasteiger partial charge >= 0.3 is 0 Å². The van der Waals surface area contributed by atoms with Crippen molar-refractivity contribution in [2.24, 2.45) is 0 Å². The summed E-state index contributed by atoms with van der Waals surface area (Å²) in [4.78, 5) is 16.3. The Labute approximate surface area is 122 Å². The van der Waals surface area contributed by atoms with Crippen LogP contribution in [0.5, 0.6) is 0 Å². The number of anilines is 1. The quantitative estimate of drug-likeness (QED) is 0.894. The molecule has 0 aliphatic heterocycles. The van der Waals surface area contributed by atoms with Crippen LogP contribution in [0, 0.1) is 0 Å². The second-order valence-electron chi connectivity index (χ2n) is 5.15. The van der Waals surface area contributed by atoms with Gasteiger partial charge in [-0.3, -0.25) is 4.79 Å². The maximum atomic E-state index is 12.2. The van der Waals surface area contributed by atoms with Crippen LogP contribution in [0.15, 0.2) is 22.8 Å². The van der Waals surface area contributed by atoms with Crippen LogP contribution in [0.25, 0.3) is 0 Å². The smallest absolute Gasteiger partial charge is 0.227 e. The first-order valence-corrected chi connectivity index (χ1v) is 7.54.